The summed E-state index contributed by atoms with van der Waals surface area (Å²) >= 11 is 0.753. The molecule has 784 valence electrons. The van der Waals surface area contributed by atoms with Gasteiger partial charge in [0, 0.05) is 34.7 Å². The second-order valence-electron chi connectivity index (χ2n) is 49.5. The fourth-order valence-corrected chi connectivity index (χ4v) is 35.7. The van der Waals surface area contributed by atoms with Crippen molar-refractivity contribution in [3.8, 4) is 53.0 Å². The molecule has 26 atom stereocenters. The molecular formula is C133H167N5O9S. The molecule has 8 aromatic rings. The van der Waals surface area contributed by atoms with Crippen LogP contribution >= 0.6 is 12.3 Å². The number of phenols is 1. The highest BCUT2D eigenvalue weighted by molar-refractivity contribution is 7.90. The molecule has 0 radical (unpaired) electrons. The maximum absolute atomic E-state index is 12.6. The van der Waals surface area contributed by atoms with Gasteiger partial charge in [0.25, 0.3) is 12.3 Å². The first-order chi connectivity index (χ1) is 71.6. The number of ether oxygens (including phenoxy) is 3. The van der Waals surface area contributed by atoms with Crippen molar-refractivity contribution in [1.82, 2.24) is 0 Å². The standard InChI is InChI=1S/C30H37NO2.C30H35NO.C27H32O2.C23H32N2O3S.C23H31NO/c1-4-22-16-26-23(17-28(22)33-19-21-8-6-5-7-9-21)10-11-25-24(26)12-14-29(3)27(25)13-15-30(29,32)20(2)18-31;1-4-22-16-26-23(17-29(22)32-19-21-8-6-5-7-9-21)10-11-25-24(26)14-15-30(3)27(20(2)18-31)12-13-28(25)30;1-3-19-15-23-20(16-25(19)29-17-18-7-5-4-6-8-18)9-10-22-21(23)13-14-27(2)24(22)11-12-26(27)28;1-4-15-11-19-16(12-22(15)26-29-28-27-25)5-6-18-17(19)9-10-23(3)20(14(2)13-24)7-8-21(18)23;1-4-15-11-19-16(12-22(15)25)5-6-18-17(19)9-10-23(3)20(14(2)13-24)7-8-21(18)23/h5-9,16-17,20,24-25,27,32H,4,10-15,19H2,1-3H3;5-9,16-17,24-25,28H,4,10-15,19H2,1-3H3;4-8,15-16,21-22,24H,3,9-14,17H2,1-2H3;11-12,14,17-18,20-21H,4-10,25H2,1-3H3;11-12,14,17-18,20-21,25H,4-10H2,1-3H3/b;27-20+;;;/t20?,24-,25+,27-,29-,30+;24-,25+,28-,30+;21-,22+,24-,27-;2*14-,17-,18+,20+,21-,23+/m00000/s1. The number of rotatable bonds is 21. The van der Waals surface area contributed by atoms with E-state index >= 15 is 0 Å². The van der Waals surface area contributed by atoms with Crippen molar-refractivity contribution >= 4 is 18.1 Å². The van der Waals surface area contributed by atoms with Gasteiger partial charge >= 0.3 is 0 Å². The van der Waals surface area contributed by atoms with Crippen LogP contribution in [0, 0.1) is 161 Å². The number of hydrogen-bond donors (Lipinski definition) is 3. The van der Waals surface area contributed by atoms with E-state index < -0.39 is 5.60 Å². The number of nitriles is 4. The van der Waals surface area contributed by atoms with Crippen LogP contribution in [0.4, 0.5) is 0 Å². The summed E-state index contributed by atoms with van der Waals surface area (Å²) in [6.07, 6.45) is 39.6. The van der Waals surface area contributed by atoms with E-state index in [2.05, 4.69) is 250 Å². The molecular weight excluding hydrogens is 1840 g/mol. The second kappa shape index (κ2) is 44.9. The minimum absolute atomic E-state index is 0.0367. The van der Waals surface area contributed by atoms with Crippen LogP contribution < -0.4 is 24.3 Å². The summed E-state index contributed by atoms with van der Waals surface area (Å²) in [5.74, 6) is 21.2. The molecule has 0 heterocycles. The smallest absolute Gasteiger partial charge is 0.260 e. The minimum Gasteiger partial charge on any atom is -0.508 e. The summed E-state index contributed by atoms with van der Waals surface area (Å²) in [6, 6.07) is 64.5. The van der Waals surface area contributed by atoms with Gasteiger partial charge in [-0.05, 0) is 493 Å². The van der Waals surface area contributed by atoms with Crippen LogP contribution in [-0.4, -0.2) is 21.6 Å². The number of carbonyl (C=O) groups is 1. The van der Waals surface area contributed by atoms with Crippen molar-refractivity contribution in [1.29, 1.82) is 21.0 Å². The van der Waals surface area contributed by atoms with Gasteiger partial charge in [-0.3, -0.25) is 4.79 Å². The van der Waals surface area contributed by atoms with Crippen molar-refractivity contribution < 1.29 is 42.7 Å². The van der Waals surface area contributed by atoms with Crippen molar-refractivity contribution in [2.75, 3.05) is 0 Å². The maximum atomic E-state index is 12.6. The number of benzene rings is 8. The van der Waals surface area contributed by atoms with Gasteiger partial charge in [-0.25, -0.2) is 0 Å². The SMILES string of the molecule is CCc1cc2c(cc1O)CC[C@@H]1[C@@H]2CC[C@]2(C)[C@@H]([C@@H](C)C#N)CC[C@@H]12.CCc1cc2c(cc1OCc1ccccc1)CC[C@@H]1[C@@H]2CC[C@@]2(C)[C@H]1CC[C@@]2(O)C(C)C#N.CCc1cc2c(cc1OCc1ccccc1)CC[C@@H]1[C@@H]2CC[C@]2(C)/C(=C(\C)C#N)CC[C@@H]12.CCc1cc2c(cc1OCc1ccccc1)CC[C@@H]1[C@@H]2CC[C@]2(C)C(=O)CC[C@@H]12.CCc1cc2c(cc1OSOON)CC[C@@H]1[C@@H]2CC[C@]2(C)[C@@H]([C@@H](C)C#N)CC[C@@H]12. The van der Waals surface area contributed by atoms with E-state index in [1.54, 1.807) is 11.1 Å². The van der Waals surface area contributed by atoms with E-state index in [1.807, 2.05) is 32.0 Å². The van der Waals surface area contributed by atoms with Crippen LogP contribution in [-0.2, 0) is 98.1 Å². The number of aliphatic hydroxyl groups is 1. The molecule has 15 heteroatoms. The fraction of sp³-hybridized carbons (Fsp3) is 0.586. The Morgan fingerprint density at radius 3 is 1.16 bits per heavy atom. The third kappa shape index (κ3) is 19.9. The summed E-state index contributed by atoms with van der Waals surface area (Å²) in [5, 5.41) is 60.0. The Balaban J connectivity index is 0.000000117. The van der Waals surface area contributed by atoms with E-state index in [9.17, 15) is 36.1 Å². The van der Waals surface area contributed by atoms with E-state index in [0.29, 0.717) is 107 Å². The van der Waals surface area contributed by atoms with E-state index in [4.69, 9.17) is 24.3 Å². The number of carbonyl (C=O) groups excluding carboxylic acids is 1. The van der Waals surface area contributed by atoms with Crippen LogP contribution in [0.1, 0.15) is 387 Å². The molecule has 10 saturated carbocycles. The Kier molecular flexibility index (Phi) is 32.4. The van der Waals surface area contributed by atoms with Crippen LogP contribution in [0.25, 0.3) is 0 Å². The maximum Gasteiger partial charge on any atom is 0.260 e. The molecule has 23 rings (SSSR count). The zero-order valence-corrected chi connectivity index (χ0v) is 92.2. The van der Waals surface area contributed by atoms with Crippen molar-refractivity contribution in [3.63, 3.8) is 0 Å². The number of hydrogen-bond acceptors (Lipinski definition) is 15. The number of nitrogens with two attached hydrogens (primary N) is 1. The lowest BCUT2D eigenvalue weighted by atomic mass is 9.52. The third-order valence-electron chi connectivity index (χ3n) is 43.4. The summed E-state index contributed by atoms with van der Waals surface area (Å²) in [4.78, 5) is 16.7. The average molecular weight is 2010 g/mol. The van der Waals surface area contributed by atoms with E-state index in [-0.39, 0.29) is 34.0 Å². The first-order valence-corrected chi connectivity index (χ1v) is 58.6. The van der Waals surface area contributed by atoms with Crippen LogP contribution in [0.3, 0.4) is 0 Å². The second-order valence-corrected chi connectivity index (χ2v) is 49.9. The lowest BCUT2D eigenvalue weighted by molar-refractivity contribution is -0.199. The molecule has 0 amide bonds. The van der Waals surface area contributed by atoms with Gasteiger partial charge in [-0.15, -0.1) is 9.32 Å². The average Bonchev–Trinajstić information content (AvgIpc) is 1.33. The molecule has 4 N–H and O–H groups in total. The number of aryl methyl sites for hydroxylation is 10. The summed E-state index contributed by atoms with van der Waals surface area (Å²) < 4.78 is 29.2. The summed E-state index contributed by atoms with van der Waals surface area (Å²) in [6.45, 7) is 33.0. The largest absolute Gasteiger partial charge is 0.508 e. The van der Waals surface area contributed by atoms with Gasteiger partial charge in [0.05, 0.1) is 35.8 Å². The predicted octanol–water partition coefficient (Wildman–Crippen LogP) is 31.6. The first-order valence-electron chi connectivity index (χ1n) is 58.0. The van der Waals surface area contributed by atoms with Gasteiger partial charge in [-0.1, -0.05) is 196 Å². The molecule has 0 bridgehead atoms. The zero-order chi connectivity index (χ0) is 104. The Morgan fingerprint density at radius 2 is 0.757 bits per heavy atom. The van der Waals surface area contributed by atoms with Gasteiger partial charge in [-0.2, -0.15) is 26.9 Å². The lowest BCUT2D eigenvalue weighted by Gasteiger charge is -2.54. The number of aromatic hydroxyl groups is 1. The molecule has 15 aliphatic rings. The lowest BCUT2D eigenvalue weighted by Crippen LogP contribution is -2.53. The van der Waals surface area contributed by atoms with Gasteiger partial charge in [0.1, 0.15) is 54.4 Å². The Bertz CT molecular complexity index is 6310. The zero-order valence-electron chi connectivity index (χ0n) is 91.4. The number of phenolic OH excluding ortho intramolecular Hbond substituents is 1. The third-order valence-corrected chi connectivity index (χ3v) is 43.7. The molecule has 0 aliphatic heterocycles. The normalized spacial score (nSPS) is 32.9. The molecule has 0 aromatic heterocycles. The Labute approximate surface area is 890 Å². The molecule has 10 fully saturated rings. The highest BCUT2D eigenvalue weighted by Crippen LogP contribution is 2.71. The molecule has 15 aliphatic carbocycles. The topological polar surface area (TPSA) is 234 Å². The number of nitrogens with zero attached hydrogens (tertiary/aromatic N) is 4. The Morgan fingerprint density at radius 1 is 0.399 bits per heavy atom. The molecule has 1 unspecified atom stereocenters. The molecule has 0 spiro atoms. The first kappa shape index (κ1) is 107. The summed E-state index contributed by atoms with van der Waals surface area (Å²) in [7, 11) is 0. The van der Waals surface area contributed by atoms with Crippen LogP contribution in [0.5, 0.6) is 28.7 Å². The van der Waals surface area contributed by atoms with Crippen molar-refractivity contribution in [3.05, 3.63) is 263 Å². The quantitative estimate of drug-likeness (QED) is 0.0199. The van der Waals surface area contributed by atoms with Gasteiger partial charge < -0.3 is 28.6 Å². The number of fused-ring (bicyclic) bond motifs is 25. The minimum atomic E-state index is -0.846. The van der Waals surface area contributed by atoms with Crippen LogP contribution in [0.15, 0.2) is 163 Å². The Hall–Kier alpha value is -9.68. The molecule has 14 nitrogen and oxygen atoms in total. The van der Waals surface area contributed by atoms with Gasteiger partial charge in [0.15, 0.2) is 0 Å². The highest BCUT2D eigenvalue weighted by atomic mass is 32.2. The fourth-order valence-electron chi connectivity index (χ4n) is 35.4. The molecule has 8 aromatic carbocycles. The van der Waals surface area contributed by atoms with E-state index in [1.165, 1.54) is 198 Å². The number of ketones is 1. The van der Waals surface area contributed by atoms with Crippen molar-refractivity contribution in [2.45, 2.75) is 377 Å². The monoisotopic (exact) mass is 2010 g/mol. The predicted molar refractivity (Wildman–Crippen MR) is 590 cm³/mol. The number of Topliss-reactive ketones (excluding diaryl/α,β-unsaturated/α-hetero) is 1. The highest BCUT2D eigenvalue weighted by Gasteiger charge is 2.65. The van der Waals surface area contributed by atoms with Crippen molar-refractivity contribution in [2.24, 2.45) is 122 Å². The van der Waals surface area contributed by atoms with Gasteiger partial charge in [0.2, 0.25) is 0 Å². The molecule has 0 saturated heterocycles. The number of allylic oxidation sites excluding steroid dienone is 2. The van der Waals surface area contributed by atoms with E-state index in [0.717, 1.165) is 198 Å². The summed E-state index contributed by atoms with van der Waals surface area (Å²) in [5.41, 5.74) is 27.3. The molecule has 148 heavy (non-hydrogen) atoms. The van der Waals surface area contributed by atoms with Crippen LogP contribution in [0.2, 0.25) is 0 Å².